The average Bonchev–Trinajstić information content (AvgIpc) is 3.55. The fourth-order valence-corrected chi connectivity index (χ4v) is 5.93. The van der Waals surface area contributed by atoms with Gasteiger partial charge in [-0.1, -0.05) is 42.5 Å². The Bertz CT molecular complexity index is 1690. The Morgan fingerprint density at radius 2 is 1.74 bits per heavy atom. The Labute approximate surface area is 226 Å². The number of hydrogen-bond acceptors (Lipinski definition) is 7. The topological polar surface area (TPSA) is 116 Å². The minimum atomic E-state index is -3.78. The van der Waals surface area contributed by atoms with Crippen LogP contribution in [0.25, 0.3) is 22.6 Å². The lowest BCUT2D eigenvalue weighted by molar-refractivity contribution is 0.0829. The van der Waals surface area contributed by atoms with Crippen molar-refractivity contribution in [3.05, 3.63) is 95.9 Å². The maximum atomic E-state index is 13.3. The molecule has 1 aliphatic heterocycles. The van der Waals surface area contributed by atoms with E-state index in [-0.39, 0.29) is 18.0 Å². The van der Waals surface area contributed by atoms with E-state index in [0.29, 0.717) is 53.3 Å². The molecule has 1 aromatic heterocycles. The molecule has 39 heavy (non-hydrogen) atoms. The third kappa shape index (κ3) is 4.74. The minimum Gasteiger partial charge on any atom is -0.492 e. The van der Waals surface area contributed by atoms with Crippen LogP contribution >= 0.6 is 0 Å². The van der Waals surface area contributed by atoms with Gasteiger partial charge in [-0.3, -0.25) is 9.59 Å². The predicted octanol–water partition coefficient (Wildman–Crippen LogP) is 5.05. The number of amides is 1. The summed E-state index contributed by atoms with van der Waals surface area (Å²) in [5, 5.41) is 0. The van der Waals surface area contributed by atoms with Gasteiger partial charge in [0.05, 0.1) is 28.5 Å². The Hall–Kier alpha value is -4.24. The molecular weight excluding hydrogens is 516 g/mol. The molecular formula is C30H26N2O6S. The summed E-state index contributed by atoms with van der Waals surface area (Å²) in [6.45, 7) is 1.81. The number of ketones is 1. The number of fused-ring (bicyclic) bond motifs is 1. The SMILES string of the molecule is CC1(S(=O)(=O)NC(=O)c2ccccc2-c2ccc3c(c2)OCC(Cc2coc(-c4ccccc4)n2)C3=O)CC1. The van der Waals surface area contributed by atoms with E-state index < -0.39 is 26.6 Å². The molecule has 2 aliphatic rings. The number of carbonyl (C=O) groups is 2. The predicted molar refractivity (Wildman–Crippen MR) is 145 cm³/mol. The van der Waals surface area contributed by atoms with Gasteiger partial charge in [-0.15, -0.1) is 0 Å². The van der Waals surface area contributed by atoms with Crippen molar-refractivity contribution in [3.8, 4) is 28.3 Å². The maximum Gasteiger partial charge on any atom is 0.265 e. The molecule has 1 fully saturated rings. The van der Waals surface area contributed by atoms with Crippen molar-refractivity contribution in [1.82, 2.24) is 9.71 Å². The van der Waals surface area contributed by atoms with Gasteiger partial charge >= 0.3 is 0 Å². The van der Waals surface area contributed by atoms with Gasteiger partial charge in [0.25, 0.3) is 5.91 Å². The van der Waals surface area contributed by atoms with Gasteiger partial charge < -0.3 is 9.15 Å². The van der Waals surface area contributed by atoms with Crippen LogP contribution in [0.3, 0.4) is 0 Å². The molecule has 1 unspecified atom stereocenters. The first-order valence-electron chi connectivity index (χ1n) is 12.7. The fraction of sp³-hybridized carbons (Fsp3) is 0.233. The van der Waals surface area contributed by atoms with E-state index >= 15 is 0 Å². The molecule has 198 valence electrons. The van der Waals surface area contributed by atoms with Crippen LogP contribution in [0.5, 0.6) is 5.75 Å². The highest BCUT2D eigenvalue weighted by Gasteiger charge is 2.51. The van der Waals surface area contributed by atoms with Gasteiger partial charge in [0.2, 0.25) is 15.9 Å². The van der Waals surface area contributed by atoms with Crippen molar-refractivity contribution in [2.24, 2.45) is 5.92 Å². The van der Waals surface area contributed by atoms with Crippen LogP contribution < -0.4 is 9.46 Å². The van der Waals surface area contributed by atoms with Crippen molar-refractivity contribution in [2.45, 2.75) is 30.9 Å². The smallest absolute Gasteiger partial charge is 0.265 e. The molecule has 4 aromatic rings. The quantitative estimate of drug-likeness (QED) is 0.347. The van der Waals surface area contributed by atoms with Crippen LogP contribution in [-0.4, -0.2) is 36.4 Å². The lowest BCUT2D eigenvalue weighted by Crippen LogP contribution is -2.38. The molecule has 1 atom stereocenters. The molecule has 0 saturated heterocycles. The first kappa shape index (κ1) is 25.1. The van der Waals surface area contributed by atoms with E-state index in [1.54, 1.807) is 55.7 Å². The second-order valence-corrected chi connectivity index (χ2v) is 12.4. The number of carbonyl (C=O) groups excluding carboxylic acids is 2. The Morgan fingerprint density at radius 1 is 1.00 bits per heavy atom. The summed E-state index contributed by atoms with van der Waals surface area (Å²) in [5.74, 6) is -0.226. The highest BCUT2D eigenvalue weighted by molar-refractivity contribution is 7.91. The Balaban J connectivity index is 1.21. The number of oxazole rings is 1. The summed E-state index contributed by atoms with van der Waals surface area (Å²) >= 11 is 0. The Kier molecular flexibility index (Phi) is 6.10. The lowest BCUT2D eigenvalue weighted by Gasteiger charge is -2.24. The molecule has 8 nitrogen and oxygen atoms in total. The molecule has 1 N–H and O–H groups in total. The molecule has 9 heteroatoms. The Morgan fingerprint density at radius 3 is 2.51 bits per heavy atom. The summed E-state index contributed by atoms with van der Waals surface area (Å²) in [6.07, 6.45) is 3.01. The minimum absolute atomic E-state index is 0.0538. The number of Topliss-reactive ketones (excluding diaryl/α,β-unsaturated/α-hetero) is 1. The number of ether oxygens (including phenoxy) is 1. The van der Waals surface area contributed by atoms with Crippen molar-refractivity contribution in [1.29, 1.82) is 0 Å². The molecule has 3 aromatic carbocycles. The molecule has 1 saturated carbocycles. The van der Waals surface area contributed by atoms with Crippen LogP contribution in [0.4, 0.5) is 0 Å². The van der Waals surface area contributed by atoms with Crippen LogP contribution in [0, 0.1) is 5.92 Å². The zero-order valence-corrected chi connectivity index (χ0v) is 22.0. The van der Waals surface area contributed by atoms with Gasteiger partial charge in [0.1, 0.15) is 12.0 Å². The summed E-state index contributed by atoms with van der Waals surface area (Å²) in [7, 11) is -3.78. The van der Waals surface area contributed by atoms with Gasteiger partial charge in [0.15, 0.2) is 5.78 Å². The van der Waals surface area contributed by atoms with E-state index in [0.717, 1.165) is 5.56 Å². The molecule has 1 aliphatic carbocycles. The van der Waals surface area contributed by atoms with Gasteiger partial charge in [0, 0.05) is 17.5 Å². The molecule has 6 rings (SSSR count). The summed E-state index contributed by atoms with van der Waals surface area (Å²) in [6, 6.07) is 21.5. The fourth-order valence-electron chi connectivity index (χ4n) is 4.69. The molecule has 0 radical (unpaired) electrons. The molecule has 1 amide bonds. The van der Waals surface area contributed by atoms with Crippen LogP contribution in [0.1, 0.15) is 46.2 Å². The number of nitrogens with one attached hydrogen (secondary N) is 1. The van der Waals surface area contributed by atoms with Gasteiger partial charge in [-0.05, 0) is 61.2 Å². The summed E-state index contributed by atoms with van der Waals surface area (Å²) in [4.78, 5) is 30.8. The van der Waals surface area contributed by atoms with Crippen molar-refractivity contribution >= 4 is 21.7 Å². The van der Waals surface area contributed by atoms with Crippen LogP contribution in [-0.2, 0) is 16.4 Å². The first-order valence-corrected chi connectivity index (χ1v) is 14.2. The third-order valence-electron chi connectivity index (χ3n) is 7.40. The first-order chi connectivity index (χ1) is 18.7. The van der Waals surface area contributed by atoms with Crippen LogP contribution in [0.2, 0.25) is 0 Å². The second-order valence-electron chi connectivity index (χ2n) is 10.2. The molecule has 0 spiro atoms. The highest BCUT2D eigenvalue weighted by Crippen LogP contribution is 2.42. The van der Waals surface area contributed by atoms with E-state index in [4.69, 9.17) is 9.15 Å². The summed E-state index contributed by atoms with van der Waals surface area (Å²) < 4.78 is 38.2. The van der Waals surface area contributed by atoms with Gasteiger partial charge in [-0.25, -0.2) is 18.1 Å². The summed E-state index contributed by atoms with van der Waals surface area (Å²) in [5.41, 5.74) is 3.40. The number of sulfonamides is 1. The van der Waals surface area contributed by atoms with Crippen LogP contribution in [0.15, 0.2) is 83.5 Å². The normalized spacial score (nSPS) is 17.7. The average molecular weight is 543 g/mol. The van der Waals surface area contributed by atoms with Crippen molar-refractivity contribution in [3.63, 3.8) is 0 Å². The number of aromatic nitrogens is 1. The van der Waals surface area contributed by atoms with Crippen molar-refractivity contribution < 1.29 is 27.2 Å². The number of hydrogen-bond donors (Lipinski definition) is 1. The zero-order valence-electron chi connectivity index (χ0n) is 21.2. The second kappa shape index (κ2) is 9.50. The highest BCUT2D eigenvalue weighted by atomic mass is 32.2. The lowest BCUT2D eigenvalue weighted by atomic mass is 9.89. The number of rotatable bonds is 7. The molecule has 2 heterocycles. The standard InChI is InChI=1S/C30H26N2O6S/c1-30(13-14-30)39(35,36)32-28(34)24-10-6-5-9-23(24)20-11-12-25-26(16-20)37-17-21(27(25)33)15-22-18-38-29(31-22)19-7-3-2-4-8-19/h2-12,16,18,21H,13-15,17H2,1H3,(H,32,34). The zero-order chi connectivity index (χ0) is 27.2. The van der Waals surface area contributed by atoms with E-state index in [9.17, 15) is 18.0 Å². The third-order valence-corrected chi connectivity index (χ3v) is 9.56. The van der Waals surface area contributed by atoms with E-state index in [1.807, 2.05) is 30.3 Å². The van der Waals surface area contributed by atoms with E-state index in [1.165, 1.54) is 0 Å². The van der Waals surface area contributed by atoms with E-state index in [2.05, 4.69) is 9.71 Å². The monoisotopic (exact) mass is 542 g/mol. The van der Waals surface area contributed by atoms with Crippen molar-refractivity contribution in [2.75, 3.05) is 6.61 Å². The maximum absolute atomic E-state index is 13.3. The number of nitrogens with zero attached hydrogens (tertiary/aromatic N) is 1. The van der Waals surface area contributed by atoms with Gasteiger partial charge in [-0.2, -0.15) is 0 Å². The molecule has 0 bridgehead atoms. The number of benzene rings is 3. The largest absolute Gasteiger partial charge is 0.492 e.